The molecule has 3 saturated heterocycles. The third-order valence-corrected chi connectivity index (χ3v) is 15.1. The number of thiophene rings is 1. The average molecular weight is 943 g/mol. The third kappa shape index (κ3) is 10.5. The quantitative estimate of drug-likeness (QED) is 0.124. The maximum atomic E-state index is 14.8. The largest absolute Gasteiger partial charge is 0.489 e. The molecule has 3 aromatic heterocycles. The fourth-order valence-electron chi connectivity index (χ4n) is 10.2. The van der Waals surface area contributed by atoms with E-state index < -0.39 is 29.6 Å². The molecule has 15 nitrogen and oxygen atoms in total. The van der Waals surface area contributed by atoms with E-state index in [-0.39, 0.29) is 86.3 Å². The van der Waals surface area contributed by atoms with Crippen molar-refractivity contribution in [3.63, 3.8) is 0 Å². The van der Waals surface area contributed by atoms with Crippen molar-refractivity contribution in [1.82, 2.24) is 40.0 Å². The van der Waals surface area contributed by atoms with Gasteiger partial charge in [0.25, 0.3) is 11.8 Å². The van der Waals surface area contributed by atoms with E-state index in [1.165, 1.54) is 20.7 Å². The molecular formula is C49H60F2N8O7S. The molecule has 18 heteroatoms. The van der Waals surface area contributed by atoms with Crippen LogP contribution in [0.25, 0.3) is 21.0 Å². The summed E-state index contributed by atoms with van der Waals surface area (Å²) in [6.45, 7) is 5.31. The number of piperazine rings is 1. The highest BCUT2D eigenvalue weighted by molar-refractivity contribution is 7.17. The van der Waals surface area contributed by atoms with Gasteiger partial charge < -0.3 is 43.9 Å². The van der Waals surface area contributed by atoms with Gasteiger partial charge in [0.2, 0.25) is 17.7 Å². The van der Waals surface area contributed by atoms with Crippen molar-refractivity contribution in [3.8, 4) is 11.6 Å². The number of benzene rings is 2. The van der Waals surface area contributed by atoms with Crippen LogP contribution in [0.15, 0.2) is 58.4 Å². The van der Waals surface area contributed by atoms with Crippen LogP contribution in [0.1, 0.15) is 81.0 Å². The van der Waals surface area contributed by atoms with Crippen molar-refractivity contribution in [1.29, 1.82) is 0 Å². The first-order valence-corrected chi connectivity index (χ1v) is 24.7. The van der Waals surface area contributed by atoms with Gasteiger partial charge >= 0.3 is 0 Å². The summed E-state index contributed by atoms with van der Waals surface area (Å²) in [5, 5.41) is 13.7. The maximum Gasteiger partial charge on any atom is 0.270 e. The normalized spacial score (nSPS) is 19.8. The van der Waals surface area contributed by atoms with Crippen molar-refractivity contribution in [2.45, 2.75) is 102 Å². The Labute approximate surface area is 392 Å². The molecule has 0 spiro atoms. The lowest BCUT2D eigenvalue weighted by atomic mass is 9.83. The summed E-state index contributed by atoms with van der Waals surface area (Å²) in [7, 11) is 1.70. The van der Waals surface area contributed by atoms with Gasteiger partial charge in [-0.25, -0.2) is 8.78 Å². The summed E-state index contributed by atoms with van der Waals surface area (Å²) in [5.74, 6) is -1.26. The minimum absolute atomic E-state index is 0.0316. The molecular weight excluding hydrogens is 883 g/mol. The molecule has 0 radical (unpaired) electrons. The summed E-state index contributed by atoms with van der Waals surface area (Å²) in [5.41, 5.74) is 0.345. The molecule has 0 unspecified atom stereocenters. The molecule has 3 atom stereocenters. The van der Waals surface area contributed by atoms with E-state index in [2.05, 4.69) is 38.2 Å². The first-order chi connectivity index (χ1) is 32.5. The van der Waals surface area contributed by atoms with Crippen LogP contribution in [-0.2, 0) is 27.5 Å². The predicted octanol–water partition coefficient (Wildman–Crippen LogP) is 6.19. The van der Waals surface area contributed by atoms with Crippen molar-refractivity contribution in [3.05, 3.63) is 77.0 Å². The van der Waals surface area contributed by atoms with Crippen molar-refractivity contribution in [2.24, 2.45) is 5.92 Å². The molecule has 358 valence electrons. The molecule has 4 fully saturated rings. The highest BCUT2D eigenvalue weighted by Crippen LogP contribution is 2.33. The highest BCUT2D eigenvalue weighted by atomic mass is 32.1. The lowest BCUT2D eigenvalue weighted by Gasteiger charge is -2.39. The Hall–Kier alpha value is -5.59. The first kappa shape index (κ1) is 46.5. The number of rotatable bonds is 15. The SMILES string of the molecule is CN[C@@H](C)C(=O)N[C@H](C(=O)N1CCN(C(=O)c2cc3cc(F)c(F)cc3n2CC(=O)N2CCC[C@@H]2COc2cc(CN3CCC(Oc4cccc5ccsc45)CC3)on2)CC1)C1CCCCC1. The fourth-order valence-corrected chi connectivity index (χ4v) is 11.0. The molecule has 6 heterocycles. The smallest absolute Gasteiger partial charge is 0.270 e. The van der Waals surface area contributed by atoms with Crippen LogP contribution in [-0.4, -0.2) is 137 Å². The molecule has 4 aliphatic rings. The standard InChI is InChI=1S/C49H60F2N8O7S/c1-31(52-2)47(61)53-45(32-8-4-3-5-9-32)49(63)57-21-19-56(20-22-57)48(62)41-25-34-24-38(50)39(51)27-40(34)59(41)29-44(60)58-16-7-11-35(58)30-64-43-26-37(66-54-43)28-55-17-13-36(14-18-55)65-42-12-6-10-33-15-23-67-46(33)42/h6,10,12,15,23-27,31-32,35-36,45,52H,3-5,7-9,11,13-14,16-22,28-30H2,1-2H3,(H,53,61)/t31-,35+,45-/m0/s1. The van der Waals surface area contributed by atoms with Gasteiger partial charge in [-0.05, 0) is 98.6 Å². The van der Waals surface area contributed by atoms with Crippen molar-refractivity contribution < 1.29 is 42.0 Å². The average Bonchev–Trinajstić information content (AvgIpc) is 4.19. The molecule has 2 N–H and O–H groups in total. The zero-order valence-corrected chi connectivity index (χ0v) is 39.0. The number of nitrogens with one attached hydrogen (secondary N) is 2. The minimum Gasteiger partial charge on any atom is -0.489 e. The monoisotopic (exact) mass is 942 g/mol. The first-order valence-electron chi connectivity index (χ1n) is 23.8. The Morgan fingerprint density at radius 3 is 2.40 bits per heavy atom. The molecule has 5 aromatic rings. The number of carbonyl (C=O) groups excluding carboxylic acids is 4. The molecule has 1 aliphatic carbocycles. The number of piperidine rings is 1. The van der Waals surface area contributed by atoms with E-state index in [4.69, 9.17) is 14.0 Å². The Morgan fingerprint density at radius 1 is 0.866 bits per heavy atom. The number of likely N-dealkylation sites (N-methyl/N-ethyl adjacent to an activating group) is 1. The Balaban J connectivity index is 0.803. The van der Waals surface area contributed by atoms with Gasteiger partial charge in [0, 0.05) is 63.3 Å². The van der Waals surface area contributed by atoms with Gasteiger partial charge in [-0.3, -0.25) is 24.1 Å². The van der Waals surface area contributed by atoms with E-state index in [1.54, 1.807) is 46.1 Å². The zero-order chi connectivity index (χ0) is 46.6. The second-order valence-electron chi connectivity index (χ2n) is 18.5. The number of hydrogen-bond acceptors (Lipinski definition) is 11. The molecule has 67 heavy (non-hydrogen) atoms. The van der Waals surface area contributed by atoms with Crippen LogP contribution < -0.4 is 20.1 Å². The number of carbonyl (C=O) groups is 4. The number of likely N-dealkylation sites (tertiary alicyclic amines) is 2. The van der Waals surface area contributed by atoms with E-state index in [1.807, 2.05) is 12.1 Å². The maximum absolute atomic E-state index is 14.8. The second kappa shape index (κ2) is 20.7. The number of fused-ring (bicyclic) bond motifs is 2. The fraction of sp³-hybridized carbons (Fsp3) is 0.531. The van der Waals surface area contributed by atoms with Crippen LogP contribution in [0.2, 0.25) is 0 Å². The zero-order valence-electron chi connectivity index (χ0n) is 38.2. The van der Waals surface area contributed by atoms with Gasteiger partial charge in [0.15, 0.2) is 17.4 Å². The Morgan fingerprint density at radius 2 is 1.63 bits per heavy atom. The van der Waals surface area contributed by atoms with Gasteiger partial charge in [-0.2, -0.15) is 0 Å². The number of ether oxygens (including phenoxy) is 2. The predicted molar refractivity (Wildman–Crippen MR) is 249 cm³/mol. The lowest BCUT2D eigenvalue weighted by molar-refractivity contribution is -0.140. The highest BCUT2D eigenvalue weighted by Gasteiger charge is 2.37. The van der Waals surface area contributed by atoms with Crippen molar-refractivity contribution >= 4 is 56.0 Å². The number of amides is 4. The van der Waals surface area contributed by atoms with Gasteiger partial charge in [0.05, 0.1) is 28.8 Å². The van der Waals surface area contributed by atoms with Crippen LogP contribution in [0.5, 0.6) is 11.6 Å². The number of aromatic nitrogens is 2. The topological polar surface area (TPSA) is 155 Å². The van der Waals surface area contributed by atoms with E-state index in [0.717, 1.165) is 82.3 Å². The Bertz CT molecular complexity index is 2560. The number of nitrogens with zero attached hydrogens (tertiary/aromatic N) is 6. The number of hydrogen-bond donors (Lipinski definition) is 2. The second-order valence-corrected chi connectivity index (χ2v) is 19.4. The Kier molecular flexibility index (Phi) is 14.4. The van der Waals surface area contributed by atoms with E-state index in [9.17, 15) is 28.0 Å². The molecule has 0 bridgehead atoms. The van der Waals surface area contributed by atoms with Crippen LogP contribution >= 0.6 is 11.3 Å². The summed E-state index contributed by atoms with van der Waals surface area (Å²) >= 11 is 1.70. The van der Waals surface area contributed by atoms with Crippen LogP contribution in [0, 0.1) is 17.6 Å². The molecule has 2 aromatic carbocycles. The molecule has 1 saturated carbocycles. The minimum atomic E-state index is -1.09. The third-order valence-electron chi connectivity index (χ3n) is 14.2. The van der Waals surface area contributed by atoms with Crippen LogP contribution in [0.4, 0.5) is 8.78 Å². The van der Waals surface area contributed by atoms with Crippen LogP contribution in [0.3, 0.4) is 0 Å². The van der Waals surface area contributed by atoms with E-state index in [0.29, 0.717) is 36.5 Å². The summed E-state index contributed by atoms with van der Waals surface area (Å²) in [4.78, 5) is 62.8. The molecule has 4 amide bonds. The molecule has 9 rings (SSSR count). The number of halogens is 2. The lowest BCUT2D eigenvalue weighted by Crippen LogP contribution is -2.59. The summed E-state index contributed by atoms with van der Waals surface area (Å²) in [6.07, 6.45) is 8.17. The van der Waals surface area contributed by atoms with Gasteiger partial charge in [0.1, 0.15) is 36.7 Å². The van der Waals surface area contributed by atoms with Gasteiger partial charge in [-0.15, -0.1) is 11.3 Å². The summed E-state index contributed by atoms with van der Waals surface area (Å²) < 4.78 is 50.2. The summed E-state index contributed by atoms with van der Waals surface area (Å²) in [6, 6.07) is 12.2. The van der Waals surface area contributed by atoms with Crippen molar-refractivity contribution in [2.75, 3.05) is 59.5 Å². The van der Waals surface area contributed by atoms with E-state index >= 15 is 0 Å². The van der Waals surface area contributed by atoms with Gasteiger partial charge in [-0.1, -0.05) is 31.4 Å². The molecule has 3 aliphatic heterocycles.